The average molecular weight is 367 g/mol. The van der Waals surface area contributed by atoms with Gasteiger partial charge in [-0.15, -0.1) is 0 Å². The van der Waals surface area contributed by atoms with Gasteiger partial charge in [-0.3, -0.25) is 0 Å². The molecule has 0 unspecified atom stereocenters. The Morgan fingerprint density at radius 1 is 0.960 bits per heavy atom. The van der Waals surface area contributed by atoms with Crippen LogP contribution in [0.3, 0.4) is 0 Å². The highest BCUT2D eigenvalue weighted by atomic mass is 35.5. The van der Waals surface area contributed by atoms with Crippen molar-refractivity contribution in [2.75, 3.05) is 11.1 Å². The molecule has 0 radical (unpaired) electrons. The van der Waals surface area contributed by atoms with Crippen molar-refractivity contribution < 1.29 is 0 Å². The third-order valence-electron chi connectivity index (χ3n) is 3.75. The molecule has 0 bridgehead atoms. The molecule has 0 saturated heterocycles. The molecule has 4 rings (SSSR count). The van der Waals surface area contributed by atoms with Crippen molar-refractivity contribution in [3.63, 3.8) is 0 Å². The summed E-state index contributed by atoms with van der Waals surface area (Å²) in [4.78, 5) is 8.92. The summed E-state index contributed by atoms with van der Waals surface area (Å²) >= 11 is 7.73. The molecule has 0 atom stereocenters. The molecule has 124 valence electrons. The molecule has 0 aliphatic rings. The van der Waals surface area contributed by atoms with Gasteiger partial charge in [-0.25, -0.2) is 9.97 Å². The topological polar surface area (TPSA) is 63.8 Å². The highest BCUT2D eigenvalue weighted by molar-refractivity contribution is 7.22. The molecule has 2 heterocycles. The maximum Gasteiger partial charge on any atom is 0.189 e. The van der Waals surface area contributed by atoms with Crippen molar-refractivity contribution in [1.82, 2.24) is 9.97 Å². The fraction of sp³-hybridized carbons (Fsp3) is 0.0526. The number of nitrogens with one attached hydrogen (secondary N) is 1. The predicted octanol–water partition coefficient (Wildman–Crippen LogP) is 5.26. The number of anilines is 3. The Bertz CT molecular complexity index is 1030. The molecule has 0 aliphatic heterocycles. The molecule has 6 heteroatoms. The zero-order chi connectivity index (χ0) is 17.2. The van der Waals surface area contributed by atoms with Gasteiger partial charge >= 0.3 is 0 Å². The molecule has 3 N–H and O–H groups in total. The van der Waals surface area contributed by atoms with Gasteiger partial charge in [-0.05, 0) is 47.9 Å². The zero-order valence-corrected chi connectivity index (χ0v) is 14.8. The number of nitrogens with two attached hydrogens (primary N) is 1. The number of hydrogen-bond donors (Lipinski definition) is 2. The second kappa shape index (κ2) is 6.70. The number of nitrogens with zero attached hydrogens (tertiary/aromatic N) is 2. The standard InChI is InChI=1S/C19H15ClN4S/c20-17-9-13(8-12-4-2-1-3-5-12)10-18(23-17)24-19-22-15-7-6-14(21)11-16(15)25-19/h1-7,9-11H,8,21H2,(H,22,23,24). The van der Waals surface area contributed by atoms with E-state index >= 15 is 0 Å². The number of fused-ring (bicyclic) bond motifs is 1. The van der Waals surface area contributed by atoms with Gasteiger partial charge < -0.3 is 11.1 Å². The molecular formula is C19H15ClN4S. The largest absolute Gasteiger partial charge is 0.399 e. The number of nitrogen functional groups attached to an aromatic ring is 1. The fourth-order valence-corrected chi connectivity index (χ4v) is 3.80. The van der Waals surface area contributed by atoms with Gasteiger partial charge in [0.25, 0.3) is 0 Å². The van der Waals surface area contributed by atoms with Gasteiger partial charge in [0, 0.05) is 5.69 Å². The van der Waals surface area contributed by atoms with E-state index < -0.39 is 0 Å². The van der Waals surface area contributed by atoms with Crippen LogP contribution in [0.5, 0.6) is 0 Å². The van der Waals surface area contributed by atoms with Crippen LogP contribution in [0.15, 0.2) is 60.7 Å². The number of halogens is 1. The molecular weight excluding hydrogens is 352 g/mol. The maximum atomic E-state index is 6.20. The number of hydrogen-bond acceptors (Lipinski definition) is 5. The first-order valence-electron chi connectivity index (χ1n) is 7.79. The molecule has 4 nitrogen and oxygen atoms in total. The van der Waals surface area contributed by atoms with E-state index in [0.29, 0.717) is 11.0 Å². The van der Waals surface area contributed by atoms with Crippen LogP contribution in [0.4, 0.5) is 16.6 Å². The van der Waals surface area contributed by atoms with Gasteiger partial charge in [0.2, 0.25) is 0 Å². The number of thiazole rings is 1. The van der Waals surface area contributed by atoms with Crippen molar-refractivity contribution in [3.05, 3.63) is 76.9 Å². The fourth-order valence-electron chi connectivity index (χ4n) is 2.65. The van der Waals surface area contributed by atoms with Gasteiger partial charge in [0.05, 0.1) is 10.2 Å². The van der Waals surface area contributed by atoms with Crippen LogP contribution in [0.2, 0.25) is 5.15 Å². The Balaban J connectivity index is 1.61. The Labute approximate surface area is 154 Å². The number of rotatable bonds is 4. The summed E-state index contributed by atoms with van der Waals surface area (Å²) in [5.74, 6) is 0.686. The Morgan fingerprint density at radius 2 is 1.80 bits per heavy atom. The summed E-state index contributed by atoms with van der Waals surface area (Å²) in [6, 6.07) is 19.8. The summed E-state index contributed by atoms with van der Waals surface area (Å²) in [6.45, 7) is 0. The van der Waals surface area contributed by atoms with E-state index in [1.807, 2.05) is 48.5 Å². The predicted molar refractivity (Wildman–Crippen MR) is 106 cm³/mol. The van der Waals surface area contributed by atoms with E-state index in [1.54, 1.807) is 0 Å². The van der Waals surface area contributed by atoms with Gasteiger partial charge in [-0.1, -0.05) is 53.3 Å². The molecule has 0 fully saturated rings. The Kier molecular flexibility index (Phi) is 4.26. The highest BCUT2D eigenvalue weighted by Gasteiger charge is 2.07. The monoisotopic (exact) mass is 366 g/mol. The number of benzene rings is 2. The van der Waals surface area contributed by atoms with Crippen LogP contribution in [0, 0.1) is 0 Å². The summed E-state index contributed by atoms with van der Waals surface area (Å²) in [7, 11) is 0. The molecule has 0 spiro atoms. The van der Waals surface area contributed by atoms with Crippen LogP contribution in [-0.2, 0) is 6.42 Å². The summed E-state index contributed by atoms with van der Waals surface area (Å²) < 4.78 is 1.04. The van der Waals surface area contributed by atoms with E-state index in [2.05, 4.69) is 27.4 Å². The normalized spacial score (nSPS) is 10.9. The first-order chi connectivity index (χ1) is 12.2. The molecule has 4 aromatic rings. The summed E-state index contributed by atoms with van der Waals surface area (Å²) in [5, 5.41) is 4.48. The van der Waals surface area contributed by atoms with Crippen molar-refractivity contribution in [2.24, 2.45) is 0 Å². The Morgan fingerprint density at radius 3 is 2.64 bits per heavy atom. The molecule has 25 heavy (non-hydrogen) atoms. The van der Waals surface area contributed by atoms with Crippen LogP contribution in [-0.4, -0.2) is 9.97 Å². The summed E-state index contributed by atoms with van der Waals surface area (Å²) in [6.07, 6.45) is 0.800. The molecule has 2 aromatic heterocycles. The lowest BCUT2D eigenvalue weighted by molar-refractivity contribution is 1.16. The van der Waals surface area contributed by atoms with Crippen LogP contribution < -0.4 is 11.1 Å². The maximum absolute atomic E-state index is 6.20. The number of pyridine rings is 1. The van der Waals surface area contributed by atoms with Gasteiger partial charge in [-0.2, -0.15) is 0 Å². The van der Waals surface area contributed by atoms with Crippen molar-refractivity contribution in [3.8, 4) is 0 Å². The first-order valence-corrected chi connectivity index (χ1v) is 8.99. The first kappa shape index (κ1) is 15.9. The quantitative estimate of drug-likeness (QED) is 0.382. The van der Waals surface area contributed by atoms with Crippen LogP contribution >= 0.6 is 22.9 Å². The van der Waals surface area contributed by atoms with E-state index in [-0.39, 0.29) is 0 Å². The third-order valence-corrected chi connectivity index (χ3v) is 4.88. The lowest BCUT2D eigenvalue weighted by Gasteiger charge is -2.07. The average Bonchev–Trinajstić information content (AvgIpc) is 2.96. The second-order valence-corrected chi connectivity index (χ2v) is 7.13. The highest BCUT2D eigenvalue weighted by Crippen LogP contribution is 2.30. The van der Waals surface area contributed by atoms with E-state index in [9.17, 15) is 0 Å². The van der Waals surface area contributed by atoms with Crippen molar-refractivity contribution in [2.45, 2.75) is 6.42 Å². The van der Waals surface area contributed by atoms with Crippen molar-refractivity contribution in [1.29, 1.82) is 0 Å². The van der Waals surface area contributed by atoms with E-state index in [4.69, 9.17) is 17.3 Å². The second-order valence-electron chi connectivity index (χ2n) is 5.72. The molecule has 0 amide bonds. The van der Waals surface area contributed by atoms with Crippen molar-refractivity contribution >= 4 is 49.8 Å². The van der Waals surface area contributed by atoms with E-state index in [0.717, 1.165) is 33.0 Å². The number of aromatic nitrogens is 2. The van der Waals surface area contributed by atoms with Gasteiger partial charge in [0.1, 0.15) is 11.0 Å². The van der Waals surface area contributed by atoms with Crippen LogP contribution in [0.25, 0.3) is 10.2 Å². The Hall–Kier alpha value is -2.63. The lowest BCUT2D eigenvalue weighted by Crippen LogP contribution is -1.96. The third kappa shape index (κ3) is 3.73. The lowest BCUT2D eigenvalue weighted by atomic mass is 10.1. The van der Waals surface area contributed by atoms with E-state index in [1.165, 1.54) is 16.9 Å². The minimum Gasteiger partial charge on any atom is -0.399 e. The molecule has 2 aromatic carbocycles. The smallest absolute Gasteiger partial charge is 0.189 e. The van der Waals surface area contributed by atoms with Crippen LogP contribution in [0.1, 0.15) is 11.1 Å². The molecule has 0 saturated carbocycles. The minimum atomic E-state index is 0.460. The zero-order valence-electron chi connectivity index (χ0n) is 13.2. The SMILES string of the molecule is Nc1ccc2nc(Nc3cc(Cc4ccccc4)cc(Cl)n3)sc2c1. The summed E-state index contributed by atoms with van der Waals surface area (Å²) in [5.41, 5.74) is 9.79. The van der Waals surface area contributed by atoms with Gasteiger partial charge in [0.15, 0.2) is 5.13 Å². The minimum absolute atomic E-state index is 0.460. The molecule has 0 aliphatic carbocycles.